The summed E-state index contributed by atoms with van der Waals surface area (Å²) in [6, 6.07) is 8.29. The summed E-state index contributed by atoms with van der Waals surface area (Å²) in [5, 5.41) is 4.40. The molecule has 20 heavy (non-hydrogen) atoms. The van der Waals surface area contributed by atoms with Gasteiger partial charge in [-0.15, -0.1) is 0 Å². The van der Waals surface area contributed by atoms with Gasteiger partial charge in [-0.1, -0.05) is 19.1 Å². The Morgan fingerprint density at radius 3 is 2.70 bits per heavy atom. The molecule has 4 nitrogen and oxygen atoms in total. The van der Waals surface area contributed by atoms with Crippen molar-refractivity contribution >= 4 is 22.7 Å². The molecule has 2 aromatic rings. The Labute approximate surface area is 120 Å². The number of nitrogens with one attached hydrogen (secondary N) is 1. The Morgan fingerprint density at radius 1 is 1.20 bits per heavy atom. The highest BCUT2D eigenvalue weighted by molar-refractivity contribution is 5.90. The molecule has 0 amide bonds. The van der Waals surface area contributed by atoms with Crippen LogP contribution in [0.25, 0.3) is 10.9 Å². The van der Waals surface area contributed by atoms with Crippen LogP contribution in [-0.2, 0) is 0 Å². The fourth-order valence-electron chi connectivity index (χ4n) is 2.76. The van der Waals surface area contributed by atoms with E-state index in [9.17, 15) is 0 Å². The smallest absolute Gasteiger partial charge is 0.225 e. The molecule has 1 aliphatic rings. The number of rotatable bonds is 3. The maximum atomic E-state index is 4.74. The number of nitrogens with zero attached hydrogens (tertiary/aromatic N) is 3. The Balaban J connectivity index is 2.03. The van der Waals surface area contributed by atoms with Crippen LogP contribution in [0, 0.1) is 5.92 Å². The third kappa shape index (κ3) is 2.55. The number of piperidine rings is 1. The highest BCUT2D eigenvalue weighted by Gasteiger charge is 2.19. The Bertz CT molecular complexity index is 588. The summed E-state index contributed by atoms with van der Waals surface area (Å²) < 4.78 is 0. The summed E-state index contributed by atoms with van der Waals surface area (Å²) >= 11 is 0. The van der Waals surface area contributed by atoms with Crippen LogP contribution in [0.4, 0.5) is 11.8 Å². The van der Waals surface area contributed by atoms with E-state index in [1.54, 1.807) is 0 Å². The van der Waals surface area contributed by atoms with Gasteiger partial charge in [0, 0.05) is 25.0 Å². The minimum atomic E-state index is 0.736. The molecule has 1 aromatic carbocycles. The van der Waals surface area contributed by atoms with Gasteiger partial charge in [0.1, 0.15) is 5.82 Å². The van der Waals surface area contributed by atoms with Crippen molar-refractivity contribution in [3.63, 3.8) is 0 Å². The third-order valence-corrected chi connectivity index (χ3v) is 4.00. The lowest BCUT2D eigenvalue weighted by molar-refractivity contribution is 0.437. The second-order valence-electron chi connectivity index (χ2n) is 5.59. The number of para-hydroxylation sites is 1. The molecule has 3 rings (SSSR count). The predicted octanol–water partition coefficient (Wildman–Crippen LogP) is 3.30. The van der Waals surface area contributed by atoms with Gasteiger partial charge >= 0.3 is 0 Å². The number of hydrogen-bond donors (Lipinski definition) is 1. The van der Waals surface area contributed by atoms with E-state index in [4.69, 9.17) is 4.98 Å². The van der Waals surface area contributed by atoms with E-state index in [1.807, 2.05) is 6.07 Å². The number of hydrogen-bond acceptors (Lipinski definition) is 4. The summed E-state index contributed by atoms with van der Waals surface area (Å²) in [6.45, 7) is 7.43. The molecule has 2 heterocycles. The normalized spacial score (nSPS) is 16.6. The average molecular weight is 270 g/mol. The molecule has 0 spiro atoms. The van der Waals surface area contributed by atoms with Crippen molar-refractivity contribution in [1.82, 2.24) is 9.97 Å². The second kappa shape index (κ2) is 5.65. The Morgan fingerprint density at radius 2 is 1.95 bits per heavy atom. The van der Waals surface area contributed by atoms with Gasteiger partial charge in [-0.05, 0) is 37.8 Å². The van der Waals surface area contributed by atoms with Gasteiger partial charge in [-0.3, -0.25) is 0 Å². The first-order chi connectivity index (χ1) is 9.78. The highest BCUT2D eigenvalue weighted by Crippen LogP contribution is 2.28. The first-order valence-electron chi connectivity index (χ1n) is 7.53. The Kier molecular flexibility index (Phi) is 3.72. The number of fused-ring (bicyclic) bond motifs is 1. The van der Waals surface area contributed by atoms with Crippen LogP contribution < -0.4 is 10.2 Å². The quantitative estimate of drug-likeness (QED) is 0.929. The lowest BCUT2D eigenvalue weighted by Crippen LogP contribution is -2.33. The monoisotopic (exact) mass is 270 g/mol. The van der Waals surface area contributed by atoms with Crippen molar-refractivity contribution in [2.75, 3.05) is 29.9 Å². The van der Waals surface area contributed by atoms with Crippen LogP contribution in [-0.4, -0.2) is 29.6 Å². The van der Waals surface area contributed by atoms with Crippen molar-refractivity contribution in [2.45, 2.75) is 26.7 Å². The molecule has 0 bridgehead atoms. The first-order valence-corrected chi connectivity index (χ1v) is 7.53. The molecule has 0 radical (unpaired) electrons. The summed E-state index contributed by atoms with van der Waals surface area (Å²) in [5.74, 6) is 2.64. The molecular weight excluding hydrogens is 248 g/mol. The van der Waals surface area contributed by atoms with E-state index in [2.05, 4.69) is 47.2 Å². The zero-order valence-corrected chi connectivity index (χ0v) is 12.3. The molecule has 1 aromatic heterocycles. The van der Waals surface area contributed by atoms with Crippen LogP contribution in [0.2, 0.25) is 0 Å². The minimum absolute atomic E-state index is 0.736. The van der Waals surface area contributed by atoms with Crippen LogP contribution in [0.1, 0.15) is 26.7 Å². The van der Waals surface area contributed by atoms with Crippen LogP contribution in [0.3, 0.4) is 0 Å². The van der Waals surface area contributed by atoms with Gasteiger partial charge in [-0.2, -0.15) is 4.98 Å². The Hall–Kier alpha value is -1.84. The van der Waals surface area contributed by atoms with Gasteiger partial charge in [0.05, 0.1) is 5.52 Å². The average Bonchev–Trinajstić information content (AvgIpc) is 2.48. The highest BCUT2D eigenvalue weighted by atomic mass is 15.2. The van der Waals surface area contributed by atoms with Gasteiger partial charge < -0.3 is 10.2 Å². The van der Waals surface area contributed by atoms with Crippen molar-refractivity contribution in [3.8, 4) is 0 Å². The van der Waals surface area contributed by atoms with E-state index >= 15 is 0 Å². The molecule has 0 unspecified atom stereocenters. The summed E-state index contributed by atoms with van der Waals surface area (Å²) in [4.78, 5) is 11.7. The van der Waals surface area contributed by atoms with Gasteiger partial charge in [-0.25, -0.2) is 4.98 Å². The molecule has 1 saturated heterocycles. The summed E-state index contributed by atoms with van der Waals surface area (Å²) in [5.41, 5.74) is 1.02. The molecule has 1 fully saturated rings. The summed E-state index contributed by atoms with van der Waals surface area (Å²) in [6.07, 6.45) is 2.49. The van der Waals surface area contributed by atoms with Gasteiger partial charge in [0.25, 0.3) is 0 Å². The summed E-state index contributed by atoms with van der Waals surface area (Å²) in [7, 11) is 0. The maximum absolute atomic E-state index is 4.74. The second-order valence-corrected chi connectivity index (χ2v) is 5.59. The van der Waals surface area contributed by atoms with Crippen LogP contribution in [0.5, 0.6) is 0 Å². The SMILES string of the molecule is CCNc1nc(N2CCC(C)CC2)c2ccccc2n1. The standard InChI is InChI=1S/C16H22N4/c1-3-17-16-18-14-7-5-4-6-13(14)15(19-16)20-10-8-12(2)9-11-20/h4-7,12H,3,8-11H2,1-2H3,(H,17,18,19). The lowest BCUT2D eigenvalue weighted by Gasteiger charge is -2.32. The molecule has 0 saturated carbocycles. The molecule has 106 valence electrons. The molecule has 1 aliphatic heterocycles. The first kappa shape index (κ1) is 13.2. The lowest BCUT2D eigenvalue weighted by atomic mass is 9.99. The number of benzene rings is 1. The molecule has 0 aliphatic carbocycles. The number of aromatic nitrogens is 2. The molecule has 1 N–H and O–H groups in total. The largest absolute Gasteiger partial charge is 0.356 e. The third-order valence-electron chi connectivity index (χ3n) is 4.00. The van der Waals surface area contributed by atoms with Crippen molar-refractivity contribution in [3.05, 3.63) is 24.3 Å². The van der Waals surface area contributed by atoms with Crippen molar-refractivity contribution in [2.24, 2.45) is 5.92 Å². The van der Waals surface area contributed by atoms with Crippen molar-refractivity contribution in [1.29, 1.82) is 0 Å². The zero-order chi connectivity index (χ0) is 13.9. The predicted molar refractivity (Wildman–Crippen MR) is 84.3 cm³/mol. The van der Waals surface area contributed by atoms with Gasteiger partial charge in [0.15, 0.2) is 0 Å². The van der Waals surface area contributed by atoms with Crippen molar-refractivity contribution < 1.29 is 0 Å². The fourth-order valence-corrected chi connectivity index (χ4v) is 2.76. The minimum Gasteiger partial charge on any atom is -0.356 e. The van der Waals surface area contributed by atoms with Crippen LogP contribution >= 0.6 is 0 Å². The van der Waals surface area contributed by atoms with Gasteiger partial charge in [0.2, 0.25) is 5.95 Å². The molecular formula is C16H22N4. The fraction of sp³-hybridized carbons (Fsp3) is 0.500. The molecule has 0 atom stereocenters. The van der Waals surface area contributed by atoms with E-state index in [0.717, 1.165) is 48.2 Å². The van der Waals surface area contributed by atoms with E-state index in [-0.39, 0.29) is 0 Å². The maximum Gasteiger partial charge on any atom is 0.225 e. The van der Waals surface area contributed by atoms with Crippen LogP contribution in [0.15, 0.2) is 24.3 Å². The van der Waals surface area contributed by atoms with E-state index < -0.39 is 0 Å². The molecule has 4 heteroatoms. The zero-order valence-electron chi connectivity index (χ0n) is 12.3. The number of anilines is 2. The van der Waals surface area contributed by atoms with E-state index in [1.165, 1.54) is 12.8 Å². The topological polar surface area (TPSA) is 41.1 Å². The van der Waals surface area contributed by atoms with E-state index in [0.29, 0.717) is 0 Å².